The maximum absolute atomic E-state index is 6.03. The number of imidazole rings is 1. The first-order valence-corrected chi connectivity index (χ1v) is 5.50. The molecule has 0 aliphatic heterocycles. The number of hydrogen-bond donors (Lipinski definition) is 1. The third-order valence-electron chi connectivity index (χ3n) is 3.38. The molecule has 0 saturated heterocycles. The van der Waals surface area contributed by atoms with Crippen LogP contribution in [0.1, 0.15) is 31.5 Å². The van der Waals surface area contributed by atoms with E-state index in [1.165, 1.54) is 25.7 Å². The van der Waals surface area contributed by atoms with Gasteiger partial charge in [-0.05, 0) is 32.1 Å². The molecule has 3 nitrogen and oxygen atoms in total. The molecule has 3 heteroatoms. The van der Waals surface area contributed by atoms with Crippen molar-refractivity contribution in [1.82, 2.24) is 9.55 Å². The van der Waals surface area contributed by atoms with Crippen LogP contribution in [0.5, 0.6) is 0 Å². The minimum Gasteiger partial charge on any atom is -0.335 e. The Morgan fingerprint density at radius 3 is 3.00 bits per heavy atom. The molecule has 2 rings (SSSR count). The number of aryl methyl sites for hydroxylation is 2. The van der Waals surface area contributed by atoms with Crippen molar-refractivity contribution in [2.45, 2.75) is 45.2 Å². The van der Waals surface area contributed by atoms with Crippen molar-refractivity contribution < 1.29 is 0 Å². The number of aromatic nitrogens is 2. The van der Waals surface area contributed by atoms with Crippen molar-refractivity contribution in [2.75, 3.05) is 0 Å². The average Bonchev–Trinajstić information content (AvgIpc) is 2.72. The van der Waals surface area contributed by atoms with Crippen LogP contribution in [0.15, 0.2) is 12.4 Å². The van der Waals surface area contributed by atoms with Gasteiger partial charge in [-0.2, -0.15) is 0 Å². The lowest BCUT2D eigenvalue weighted by atomic mass is 10.0. The second-order valence-corrected chi connectivity index (χ2v) is 4.31. The van der Waals surface area contributed by atoms with Gasteiger partial charge in [0.2, 0.25) is 0 Å². The van der Waals surface area contributed by atoms with Crippen LogP contribution in [0, 0.1) is 12.8 Å². The summed E-state index contributed by atoms with van der Waals surface area (Å²) in [6.07, 6.45) is 8.97. The first-order valence-electron chi connectivity index (χ1n) is 5.50. The summed E-state index contributed by atoms with van der Waals surface area (Å²) in [4.78, 5) is 4.21. The standard InChI is InChI=1S/C11H19N3/c1-9-13-6-8-14(9)7-5-10-3-2-4-11(10)12/h6,8,10-11H,2-5,7,12H2,1H3. The molecular weight excluding hydrogens is 174 g/mol. The molecule has 1 aliphatic rings. The number of nitrogens with zero attached hydrogens (tertiary/aromatic N) is 2. The van der Waals surface area contributed by atoms with Crippen LogP contribution < -0.4 is 5.73 Å². The molecule has 1 aromatic heterocycles. The molecule has 2 N–H and O–H groups in total. The zero-order valence-electron chi connectivity index (χ0n) is 8.82. The van der Waals surface area contributed by atoms with Gasteiger partial charge in [-0.15, -0.1) is 0 Å². The largest absolute Gasteiger partial charge is 0.335 e. The van der Waals surface area contributed by atoms with Crippen molar-refractivity contribution in [1.29, 1.82) is 0 Å². The van der Waals surface area contributed by atoms with Crippen molar-refractivity contribution >= 4 is 0 Å². The van der Waals surface area contributed by atoms with Gasteiger partial charge in [0.15, 0.2) is 0 Å². The fraction of sp³-hybridized carbons (Fsp3) is 0.727. The molecule has 0 amide bonds. The third kappa shape index (κ3) is 1.98. The number of rotatable bonds is 3. The summed E-state index contributed by atoms with van der Waals surface area (Å²) < 4.78 is 2.21. The Bertz CT molecular complexity index is 292. The zero-order valence-corrected chi connectivity index (χ0v) is 8.82. The topological polar surface area (TPSA) is 43.8 Å². The van der Waals surface area contributed by atoms with Crippen molar-refractivity contribution in [3.8, 4) is 0 Å². The first kappa shape index (κ1) is 9.71. The highest BCUT2D eigenvalue weighted by Gasteiger charge is 2.23. The van der Waals surface area contributed by atoms with E-state index in [1.54, 1.807) is 0 Å². The summed E-state index contributed by atoms with van der Waals surface area (Å²) >= 11 is 0. The Balaban J connectivity index is 1.85. The van der Waals surface area contributed by atoms with Crippen LogP contribution in [-0.4, -0.2) is 15.6 Å². The van der Waals surface area contributed by atoms with Crippen LogP contribution in [0.2, 0.25) is 0 Å². The van der Waals surface area contributed by atoms with E-state index < -0.39 is 0 Å². The van der Waals surface area contributed by atoms with Gasteiger partial charge in [0.25, 0.3) is 0 Å². The number of hydrogen-bond acceptors (Lipinski definition) is 2. The molecule has 1 heterocycles. The van der Waals surface area contributed by atoms with Gasteiger partial charge < -0.3 is 10.3 Å². The van der Waals surface area contributed by atoms with Crippen LogP contribution in [0.4, 0.5) is 0 Å². The van der Waals surface area contributed by atoms with Crippen molar-refractivity contribution in [2.24, 2.45) is 11.7 Å². The molecule has 0 bridgehead atoms. The summed E-state index contributed by atoms with van der Waals surface area (Å²) in [5.74, 6) is 1.84. The smallest absolute Gasteiger partial charge is 0.105 e. The SMILES string of the molecule is Cc1nccn1CCC1CCCC1N. The molecule has 0 radical (unpaired) electrons. The Hall–Kier alpha value is -0.830. The molecule has 0 aromatic carbocycles. The zero-order chi connectivity index (χ0) is 9.97. The van der Waals surface area contributed by atoms with E-state index in [9.17, 15) is 0 Å². The minimum absolute atomic E-state index is 0.443. The van der Waals surface area contributed by atoms with E-state index in [1.807, 2.05) is 6.20 Å². The van der Waals surface area contributed by atoms with E-state index >= 15 is 0 Å². The van der Waals surface area contributed by atoms with Gasteiger partial charge >= 0.3 is 0 Å². The molecule has 14 heavy (non-hydrogen) atoms. The van der Waals surface area contributed by atoms with E-state index in [-0.39, 0.29) is 0 Å². The van der Waals surface area contributed by atoms with E-state index in [0.717, 1.165) is 18.3 Å². The number of nitrogens with two attached hydrogens (primary N) is 1. The molecule has 1 aromatic rings. The Kier molecular flexibility index (Phi) is 2.87. The summed E-state index contributed by atoms with van der Waals surface area (Å²) in [6, 6.07) is 0.443. The summed E-state index contributed by atoms with van der Waals surface area (Å²) in [5, 5.41) is 0. The van der Waals surface area contributed by atoms with E-state index in [2.05, 4.69) is 22.7 Å². The molecule has 1 aliphatic carbocycles. The van der Waals surface area contributed by atoms with Gasteiger partial charge in [0.1, 0.15) is 5.82 Å². The molecule has 1 fully saturated rings. The molecule has 78 valence electrons. The highest BCUT2D eigenvalue weighted by molar-refractivity contribution is 4.89. The van der Waals surface area contributed by atoms with Gasteiger partial charge in [-0.3, -0.25) is 0 Å². The quantitative estimate of drug-likeness (QED) is 0.794. The Labute approximate surface area is 85.3 Å². The Morgan fingerprint density at radius 1 is 1.57 bits per heavy atom. The van der Waals surface area contributed by atoms with Crippen LogP contribution in [0.3, 0.4) is 0 Å². The fourth-order valence-corrected chi connectivity index (χ4v) is 2.37. The second-order valence-electron chi connectivity index (χ2n) is 4.31. The molecule has 0 spiro atoms. The lowest BCUT2D eigenvalue weighted by molar-refractivity contribution is 0.413. The molecule has 1 saturated carbocycles. The second kappa shape index (κ2) is 4.13. The fourth-order valence-electron chi connectivity index (χ4n) is 2.37. The third-order valence-corrected chi connectivity index (χ3v) is 3.38. The highest BCUT2D eigenvalue weighted by atomic mass is 15.0. The van der Waals surface area contributed by atoms with Crippen LogP contribution in [0.25, 0.3) is 0 Å². The first-order chi connectivity index (χ1) is 6.77. The maximum Gasteiger partial charge on any atom is 0.105 e. The lowest BCUT2D eigenvalue weighted by Crippen LogP contribution is -2.25. The van der Waals surface area contributed by atoms with Crippen molar-refractivity contribution in [3.63, 3.8) is 0 Å². The van der Waals surface area contributed by atoms with Crippen LogP contribution >= 0.6 is 0 Å². The minimum atomic E-state index is 0.443. The monoisotopic (exact) mass is 193 g/mol. The average molecular weight is 193 g/mol. The normalized spacial score (nSPS) is 27.0. The van der Waals surface area contributed by atoms with E-state index in [4.69, 9.17) is 5.73 Å². The molecule has 2 unspecified atom stereocenters. The summed E-state index contributed by atoms with van der Waals surface area (Å²) in [5.41, 5.74) is 6.03. The van der Waals surface area contributed by atoms with Gasteiger partial charge in [-0.1, -0.05) is 6.42 Å². The summed E-state index contributed by atoms with van der Waals surface area (Å²) in [6.45, 7) is 3.12. The van der Waals surface area contributed by atoms with Gasteiger partial charge in [0.05, 0.1) is 0 Å². The maximum atomic E-state index is 6.03. The van der Waals surface area contributed by atoms with E-state index in [0.29, 0.717) is 6.04 Å². The Morgan fingerprint density at radius 2 is 2.43 bits per heavy atom. The molecular formula is C11H19N3. The van der Waals surface area contributed by atoms with Gasteiger partial charge in [-0.25, -0.2) is 4.98 Å². The highest BCUT2D eigenvalue weighted by Crippen LogP contribution is 2.27. The van der Waals surface area contributed by atoms with Crippen molar-refractivity contribution in [3.05, 3.63) is 18.2 Å². The predicted molar refractivity (Wildman–Crippen MR) is 56.9 cm³/mol. The molecule has 2 atom stereocenters. The van der Waals surface area contributed by atoms with Gasteiger partial charge in [0, 0.05) is 25.0 Å². The predicted octanol–water partition coefficient (Wildman–Crippen LogP) is 1.71. The summed E-state index contributed by atoms with van der Waals surface area (Å²) in [7, 11) is 0. The lowest BCUT2D eigenvalue weighted by Gasteiger charge is -2.15. The van der Waals surface area contributed by atoms with Crippen LogP contribution in [-0.2, 0) is 6.54 Å².